The number of carbonyl (C=O) groups excluding carboxylic acids is 1. The van der Waals surface area contributed by atoms with E-state index in [2.05, 4.69) is 15.9 Å². The highest BCUT2D eigenvalue weighted by Crippen LogP contribution is 2.49. The predicted molar refractivity (Wildman–Crippen MR) is 59.7 cm³/mol. The van der Waals surface area contributed by atoms with Gasteiger partial charge in [-0.25, -0.2) is 0 Å². The molecule has 0 spiro atoms. The molecule has 2 bridgehead atoms. The first kappa shape index (κ1) is 9.64. The van der Waals surface area contributed by atoms with E-state index in [1.54, 1.807) is 12.3 Å². The van der Waals surface area contributed by atoms with E-state index in [9.17, 15) is 4.79 Å². The normalized spacial score (nSPS) is 33.5. The Morgan fingerprint density at radius 3 is 2.80 bits per heavy atom. The molecule has 3 rings (SSSR count). The molecule has 0 saturated heterocycles. The van der Waals surface area contributed by atoms with E-state index in [1.165, 1.54) is 19.3 Å². The van der Waals surface area contributed by atoms with Crippen molar-refractivity contribution in [3.8, 4) is 0 Å². The molecule has 0 radical (unpaired) electrons. The molecule has 1 aromatic heterocycles. The fourth-order valence-electron chi connectivity index (χ4n) is 3.20. The zero-order valence-electron chi connectivity index (χ0n) is 8.41. The number of Topliss-reactive ketones (excluding diaryl/α,β-unsaturated/α-hetero) is 1. The van der Waals surface area contributed by atoms with Crippen LogP contribution in [0.15, 0.2) is 21.2 Å². The molecule has 0 aliphatic heterocycles. The summed E-state index contributed by atoms with van der Waals surface area (Å²) in [4.78, 5) is 12.2. The maximum atomic E-state index is 12.2. The van der Waals surface area contributed by atoms with E-state index in [1.807, 2.05) is 0 Å². The Balaban J connectivity index is 1.84. The predicted octanol–water partition coefficient (Wildman–Crippen LogP) is 3.66. The minimum absolute atomic E-state index is 0.207. The van der Waals surface area contributed by atoms with E-state index in [0.717, 1.165) is 16.8 Å². The molecule has 80 valence electrons. The maximum absolute atomic E-state index is 12.2. The standard InChI is InChI=1S/C12H13BrO2/c13-10-3-4-15-12(10)11(14)9-6-7-1-2-8(9)5-7/h3-4,7-9H,1-2,5-6H2. The average Bonchev–Trinajstić information content (AvgIpc) is 2.91. The molecule has 0 aromatic carbocycles. The van der Waals surface area contributed by atoms with Crippen LogP contribution in [0.25, 0.3) is 0 Å². The van der Waals surface area contributed by atoms with Crippen molar-refractivity contribution < 1.29 is 9.21 Å². The quantitative estimate of drug-likeness (QED) is 0.767. The van der Waals surface area contributed by atoms with Crippen molar-refractivity contribution in [2.24, 2.45) is 17.8 Å². The molecule has 2 aliphatic rings. The maximum Gasteiger partial charge on any atom is 0.202 e. The Kier molecular flexibility index (Phi) is 2.23. The van der Waals surface area contributed by atoms with Crippen molar-refractivity contribution in [3.05, 3.63) is 22.6 Å². The molecule has 3 atom stereocenters. The Hall–Kier alpha value is -0.570. The third-order valence-electron chi connectivity index (χ3n) is 3.92. The summed E-state index contributed by atoms with van der Waals surface area (Å²) in [5.41, 5.74) is 0. The molecule has 3 heteroatoms. The molecule has 0 N–H and O–H groups in total. The van der Waals surface area contributed by atoms with Crippen LogP contribution in [-0.2, 0) is 0 Å². The van der Waals surface area contributed by atoms with Gasteiger partial charge in [0.1, 0.15) is 0 Å². The number of hydrogen-bond donors (Lipinski definition) is 0. The van der Waals surface area contributed by atoms with Gasteiger partial charge in [-0.3, -0.25) is 4.79 Å². The van der Waals surface area contributed by atoms with Gasteiger partial charge in [0.05, 0.1) is 10.7 Å². The van der Waals surface area contributed by atoms with E-state index in [-0.39, 0.29) is 11.7 Å². The highest BCUT2D eigenvalue weighted by molar-refractivity contribution is 9.10. The molecular formula is C12H13BrO2. The van der Waals surface area contributed by atoms with Gasteiger partial charge < -0.3 is 4.42 Å². The van der Waals surface area contributed by atoms with Gasteiger partial charge in [0.2, 0.25) is 5.78 Å². The Morgan fingerprint density at radius 1 is 1.40 bits per heavy atom. The summed E-state index contributed by atoms with van der Waals surface area (Å²) >= 11 is 3.35. The van der Waals surface area contributed by atoms with E-state index in [4.69, 9.17) is 4.42 Å². The molecule has 1 heterocycles. The molecular weight excluding hydrogens is 256 g/mol. The summed E-state index contributed by atoms with van der Waals surface area (Å²) in [5, 5.41) is 0. The monoisotopic (exact) mass is 268 g/mol. The van der Waals surface area contributed by atoms with Crippen molar-refractivity contribution >= 4 is 21.7 Å². The summed E-state index contributed by atoms with van der Waals surface area (Å²) in [5.74, 6) is 2.38. The second-order valence-corrected chi connectivity index (χ2v) is 5.60. The van der Waals surface area contributed by atoms with Crippen LogP contribution in [0.1, 0.15) is 36.2 Å². The van der Waals surface area contributed by atoms with Gasteiger partial charge in [0.25, 0.3) is 0 Å². The SMILES string of the molecule is O=C(c1occc1Br)C1CC2CCC1C2. The van der Waals surface area contributed by atoms with Crippen LogP contribution in [0.3, 0.4) is 0 Å². The van der Waals surface area contributed by atoms with E-state index >= 15 is 0 Å². The first-order chi connectivity index (χ1) is 7.25. The molecule has 3 unspecified atom stereocenters. The summed E-state index contributed by atoms with van der Waals surface area (Å²) < 4.78 is 6.05. The van der Waals surface area contributed by atoms with Gasteiger partial charge in [-0.05, 0) is 53.1 Å². The molecule has 1 aromatic rings. The topological polar surface area (TPSA) is 30.2 Å². The zero-order valence-corrected chi connectivity index (χ0v) is 10.00. The van der Waals surface area contributed by atoms with Crippen LogP contribution < -0.4 is 0 Å². The van der Waals surface area contributed by atoms with Crippen LogP contribution >= 0.6 is 15.9 Å². The van der Waals surface area contributed by atoms with Gasteiger partial charge in [0, 0.05) is 5.92 Å². The second-order valence-electron chi connectivity index (χ2n) is 4.74. The first-order valence-electron chi connectivity index (χ1n) is 5.53. The van der Waals surface area contributed by atoms with Gasteiger partial charge >= 0.3 is 0 Å². The van der Waals surface area contributed by atoms with Crippen molar-refractivity contribution in [2.75, 3.05) is 0 Å². The van der Waals surface area contributed by atoms with Crippen LogP contribution in [0.4, 0.5) is 0 Å². The van der Waals surface area contributed by atoms with Crippen molar-refractivity contribution in [2.45, 2.75) is 25.7 Å². The Bertz CT molecular complexity index is 396. The zero-order chi connectivity index (χ0) is 10.4. The molecule has 2 nitrogen and oxygen atoms in total. The number of halogens is 1. The smallest absolute Gasteiger partial charge is 0.202 e. The number of furan rings is 1. The van der Waals surface area contributed by atoms with Gasteiger partial charge in [-0.2, -0.15) is 0 Å². The third kappa shape index (κ3) is 1.48. The summed E-state index contributed by atoms with van der Waals surface area (Å²) in [6.45, 7) is 0. The molecule has 2 aliphatic carbocycles. The van der Waals surface area contributed by atoms with Gasteiger partial charge in [-0.15, -0.1) is 0 Å². The summed E-state index contributed by atoms with van der Waals surface area (Å²) in [6, 6.07) is 1.79. The lowest BCUT2D eigenvalue weighted by Crippen LogP contribution is -2.20. The minimum Gasteiger partial charge on any atom is -0.460 e. The summed E-state index contributed by atoms with van der Waals surface area (Å²) in [6.07, 6.45) is 6.48. The largest absolute Gasteiger partial charge is 0.460 e. The number of ketones is 1. The van der Waals surface area contributed by atoms with E-state index < -0.39 is 0 Å². The minimum atomic E-state index is 0.207. The first-order valence-corrected chi connectivity index (χ1v) is 6.32. The molecule has 2 fully saturated rings. The molecule has 2 saturated carbocycles. The van der Waals surface area contributed by atoms with Crippen molar-refractivity contribution in [1.82, 2.24) is 0 Å². The van der Waals surface area contributed by atoms with E-state index in [0.29, 0.717) is 11.7 Å². The highest BCUT2D eigenvalue weighted by atomic mass is 79.9. The third-order valence-corrected chi connectivity index (χ3v) is 4.54. The summed E-state index contributed by atoms with van der Waals surface area (Å²) in [7, 11) is 0. The second kappa shape index (κ2) is 3.48. The van der Waals surface area contributed by atoms with Crippen molar-refractivity contribution in [3.63, 3.8) is 0 Å². The highest BCUT2D eigenvalue weighted by Gasteiger charge is 2.44. The number of rotatable bonds is 2. The fraction of sp³-hybridized carbons (Fsp3) is 0.583. The van der Waals surface area contributed by atoms with Gasteiger partial charge in [0.15, 0.2) is 5.76 Å². The number of fused-ring (bicyclic) bond motifs is 2. The van der Waals surface area contributed by atoms with Crippen LogP contribution in [0.2, 0.25) is 0 Å². The van der Waals surface area contributed by atoms with Crippen LogP contribution in [-0.4, -0.2) is 5.78 Å². The average molecular weight is 269 g/mol. The lowest BCUT2D eigenvalue weighted by molar-refractivity contribution is 0.0844. The Labute approximate surface area is 97.2 Å². The fourth-order valence-corrected chi connectivity index (χ4v) is 3.60. The van der Waals surface area contributed by atoms with Crippen molar-refractivity contribution in [1.29, 1.82) is 0 Å². The number of hydrogen-bond acceptors (Lipinski definition) is 2. The van der Waals surface area contributed by atoms with Crippen LogP contribution in [0, 0.1) is 17.8 Å². The van der Waals surface area contributed by atoms with Gasteiger partial charge in [-0.1, -0.05) is 6.42 Å². The Morgan fingerprint density at radius 2 is 2.27 bits per heavy atom. The molecule has 15 heavy (non-hydrogen) atoms. The molecule has 0 amide bonds. The number of carbonyl (C=O) groups is 1. The lowest BCUT2D eigenvalue weighted by atomic mass is 9.85. The van der Waals surface area contributed by atoms with Crippen LogP contribution in [0.5, 0.6) is 0 Å². The lowest BCUT2D eigenvalue weighted by Gasteiger charge is -2.19.